The van der Waals surface area contributed by atoms with Gasteiger partial charge in [-0.15, -0.1) is 0 Å². The fraction of sp³-hybridized carbons (Fsp3) is 0.500. The number of benzene rings is 1. The summed E-state index contributed by atoms with van der Waals surface area (Å²) in [5.74, 6) is 1.25. The van der Waals surface area contributed by atoms with Crippen molar-refractivity contribution in [2.24, 2.45) is 5.92 Å². The van der Waals surface area contributed by atoms with Crippen molar-refractivity contribution >= 4 is 5.91 Å². The molecule has 2 aromatic rings. The molecular weight excluding hydrogens is 309 g/mol. The van der Waals surface area contributed by atoms with Crippen LogP contribution in [0, 0.1) is 18.7 Å². The Bertz CT molecular complexity index is 708. The van der Waals surface area contributed by atoms with Gasteiger partial charge in [-0.05, 0) is 43.9 Å². The van der Waals surface area contributed by atoms with E-state index < -0.39 is 0 Å². The second kappa shape index (κ2) is 7.11. The van der Waals surface area contributed by atoms with Gasteiger partial charge < -0.3 is 9.42 Å². The molecule has 0 saturated carbocycles. The molecule has 24 heavy (non-hydrogen) atoms. The molecule has 1 aliphatic heterocycles. The fourth-order valence-electron chi connectivity index (χ4n) is 3.24. The van der Waals surface area contributed by atoms with Gasteiger partial charge >= 0.3 is 0 Å². The molecule has 5 nitrogen and oxygen atoms in total. The molecule has 3 rings (SSSR count). The highest BCUT2D eigenvalue weighted by atomic mass is 19.1. The van der Waals surface area contributed by atoms with Crippen LogP contribution in [0.3, 0.4) is 0 Å². The predicted molar refractivity (Wildman–Crippen MR) is 86.9 cm³/mol. The van der Waals surface area contributed by atoms with Gasteiger partial charge in [0.2, 0.25) is 11.8 Å². The summed E-state index contributed by atoms with van der Waals surface area (Å²) in [5.41, 5.74) is 0.854. The minimum atomic E-state index is -0.261. The van der Waals surface area contributed by atoms with Crippen molar-refractivity contribution in [3.05, 3.63) is 47.4 Å². The van der Waals surface area contributed by atoms with Crippen LogP contribution < -0.4 is 0 Å². The van der Waals surface area contributed by atoms with Crippen molar-refractivity contribution in [2.45, 2.75) is 39.0 Å². The van der Waals surface area contributed by atoms with Gasteiger partial charge in [0.05, 0.1) is 0 Å². The summed E-state index contributed by atoms with van der Waals surface area (Å²) in [7, 11) is 0. The third kappa shape index (κ3) is 3.80. The lowest BCUT2D eigenvalue weighted by Gasteiger charge is -2.32. The molecule has 0 N–H and O–H groups in total. The van der Waals surface area contributed by atoms with E-state index in [2.05, 4.69) is 10.1 Å². The molecule has 1 aromatic heterocycles. The standard InChI is InChI=1S/C18H22FN3O2/c1-12(10-14-4-3-5-16(19)11-14)18(23)22-8-6-15(7-9-22)17-20-13(2)21-24-17/h3-5,11-12,15H,6-10H2,1-2H3. The van der Waals surface area contributed by atoms with Crippen LogP contribution in [0.5, 0.6) is 0 Å². The number of amides is 1. The summed E-state index contributed by atoms with van der Waals surface area (Å²) in [6.07, 6.45) is 2.22. The van der Waals surface area contributed by atoms with E-state index in [1.807, 2.05) is 17.9 Å². The van der Waals surface area contributed by atoms with Crippen molar-refractivity contribution in [2.75, 3.05) is 13.1 Å². The SMILES string of the molecule is Cc1noc(C2CCN(C(=O)C(C)Cc3cccc(F)c3)CC2)n1. The van der Waals surface area contributed by atoms with Gasteiger partial charge in [0.25, 0.3) is 0 Å². The van der Waals surface area contributed by atoms with E-state index in [1.165, 1.54) is 12.1 Å². The van der Waals surface area contributed by atoms with E-state index >= 15 is 0 Å². The van der Waals surface area contributed by atoms with Crippen LogP contribution in [0.25, 0.3) is 0 Å². The van der Waals surface area contributed by atoms with E-state index in [4.69, 9.17) is 4.52 Å². The molecule has 1 saturated heterocycles. The lowest BCUT2D eigenvalue weighted by atomic mass is 9.94. The van der Waals surface area contributed by atoms with Gasteiger partial charge in [-0.3, -0.25) is 4.79 Å². The summed E-state index contributed by atoms with van der Waals surface area (Å²) in [5, 5.41) is 3.83. The molecule has 0 radical (unpaired) electrons. The molecule has 6 heteroatoms. The Morgan fingerprint density at radius 3 is 2.79 bits per heavy atom. The average Bonchev–Trinajstić information content (AvgIpc) is 3.01. The van der Waals surface area contributed by atoms with Crippen molar-refractivity contribution in [3.63, 3.8) is 0 Å². The summed E-state index contributed by atoms with van der Waals surface area (Å²) in [4.78, 5) is 18.8. The molecule has 1 fully saturated rings. The first-order valence-electron chi connectivity index (χ1n) is 8.36. The topological polar surface area (TPSA) is 59.2 Å². The number of carbonyl (C=O) groups is 1. The van der Waals surface area contributed by atoms with E-state index in [-0.39, 0.29) is 23.6 Å². The van der Waals surface area contributed by atoms with Crippen LogP contribution >= 0.6 is 0 Å². The van der Waals surface area contributed by atoms with Gasteiger partial charge in [0, 0.05) is 24.9 Å². The molecule has 2 heterocycles. The molecule has 0 aliphatic carbocycles. The van der Waals surface area contributed by atoms with Crippen LogP contribution in [0.15, 0.2) is 28.8 Å². The number of aromatic nitrogens is 2. The van der Waals surface area contributed by atoms with Crippen LogP contribution in [0.4, 0.5) is 4.39 Å². The number of hydrogen-bond donors (Lipinski definition) is 0. The molecule has 128 valence electrons. The number of rotatable bonds is 4. The maximum absolute atomic E-state index is 13.3. The largest absolute Gasteiger partial charge is 0.342 e. The Labute approximate surface area is 140 Å². The van der Waals surface area contributed by atoms with Crippen molar-refractivity contribution in [1.29, 1.82) is 0 Å². The van der Waals surface area contributed by atoms with Crippen LogP contribution in [-0.2, 0) is 11.2 Å². The first kappa shape index (κ1) is 16.6. The normalized spacial score (nSPS) is 17.0. The van der Waals surface area contributed by atoms with E-state index in [1.54, 1.807) is 13.0 Å². The van der Waals surface area contributed by atoms with E-state index in [9.17, 15) is 9.18 Å². The first-order valence-corrected chi connectivity index (χ1v) is 8.36. The molecule has 0 bridgehead atoms. The highest BCUT2D eigenvalue weighted by Crippen LogP contribution is 2.27. The molecule has 1 atom stereocenters. The number of aryl methyl sites for hydroxylation is 1. The number of halogens is 1. The zero-order chi connectivity index (χ0) is 17.1. The smallest absolute Gasteiger partial charge is 0.229 e. The Morgan fingerprint density at radius 1 is 1.42 bits per heavy atom. The highest BCUT2D eigenvalue weighted by molar-refractivity contribution is 5.78. The van der Waals surface area contributed by atoms with Gasteiger partial charge in [-0.25, -0.2) is 4.39 Å². The molecule has 0 spiro atoms. The second-order valence-electron chi connectivity index (χ2n) is 6.51. The Balaban J connectivity index is 1.54. The Kier molecular flexibility index (Phi) is 4.92. The van der Waals surface area contributed by atoms with Gasteiger partial charge in [-0.2, -0.15) is 4.98 Å². The molecule has 1 aromatic carbocycles. The monoisotopic (exact) mass is 331 g/mol. The summed E-state index contributed by atoms with van der Waals surface area (Å²) in [6, 6.07) is 6.45. The van der Waals surface area contributed by atoms with Gasteiger partial charge in [0.15, 0.2) is 5.82 Å². The Hall–Kier alpha value is -2.24. The highest BCUT2D eigenvalue weighted by Gasteiger charge is 2.29. The first-order chi connectivity index (χ1) is 11.5. The number of carbonyl (C=O) groups excluding carboxylic acids is 1. The maximum atomic E-state index is 13.3. The molecule has 1 unspecified atom stereocenters. The zero-order valence-corrected chi connectivity index (χ0v) is 14.0. The zero-order valence-electron chi connectivity index (χ0n) is 14.0. The third-order valence-electron chi connectivity index (χ3n) is 4.55. The van der Waals surface area contributed by atoms with Gasteiger partial charge in [-0.1, -0.05) is 24.2 Å². The average molecular weight is 331 g/mol. The molecule has 1 aliphatic rings. The number of likely N-dealkylation sites (tertiary alicyclic amines) is 1. The Morgan fingerprint density at radius 2 is 2.17 bits per heavy atom. The third-order valence-corrected chi connectivity index (χ3v) is 4.55. The minimum absolute atomic E-state index is 0.124. The van der Waals surface area contributed by atoms with Crippen LogP contribution in [0.1, 0.15) is 43.0 Å². The van der Waals surface area contributed by atoms with Crippen molar-refractivity contribution in [1.82, 2.24) is 15.0 Å². The number of hydrogen-bond acceptors (Lipinski definition) is 4. The maximum Gasteiger partial charge on any atom is 0.229 e. The quantitative estimate of drug-likeness (QED) is 0.864. The lowest BCUT2D eigenvalue weighted by Crippen LogP contribution is -2.41. The summed E-state index contributed by atoms with van der Waals surface area (Å²) < 4.78 is 18.5. The number of nitrogens with zero attached hydrogens (tertiary/aromatic N) is 3. The minimum Gasteiger partial charge on any atom is -0.342 e. The van der Waals surface area contributed by atoms with Crippen LogP contribution in [0.2, 0.25) is 0 Å². The predicted octanol–water partition coefficient (Wildman–Crippen LogP) is 3.10. The fourth-order valence-corrected chi connectivity index (χ4v) is 3.24. The number of piperidine rings is 1. The van der Waals surface area contributed by atoms with E-state index in [0.717, 1.165) is 18.4 Å². The molecule has 1 amide bonds. The lowest BCUT2D eigenvalue weighted by molar-refractivity contribution is -0.136. The van der Waals surface area contributed by atoms with Gasteiger partial charge in [0.1, 0.15) is 5.82 Å². The molecular formula is C18H22FN3O2. The van der Waals surface area contributed by atoms with Crippen molar-refractivity contribution < 1.29 is 13.7 Å². The second-order valence-corrected chi connectivity index (χ2v) is 6.51. The summed E-state index contributed by atoms with van der Waals surface area (Å²) in [6.45, 7) is 5.09. The van der Waals surface area contributed by atoms with Crippen molar-refractivity contribution in [3.8, 4) is 0 Å². The van der Waals surface area contributed by atoms with Crippen LogP contribution in [-0.4, -0.2) is 34.0 Å². The summed E-state index contributed by atoms with van der Waals surface area (Å²) >= 11 is 0. The van der Waals surface area contributed by atoms with E-state index in [0.29, 0.717) is 31.2 Å².